The van der Waals surface area contributed by atoms with Gasteiger partial charge in [-0.2, -0.15) is 0 Å². The largest absolute Gasteiger partial charge is 0.492 e. The molecular formula is C16H17FN2O2S. The van der Waals surface area contributed by atoms with Crippen molar-refractivity contribution < 1.29 is 13.9 Å². The van der Waals surface area contributed by atoms with E-state index in [1.54, 1.807) is 6.07 Å². The highest BCUT2D eigenvalue weighted by molar-refractivity contribution is 7.11. The van der Waals surface area contributed by atoms with Gasteiger partial charge in [0.25, 0.3) is 5.91 Å². The van der Waals surface area contributed by atoms with Crippen LogP contribution in [-0.4, -0.2) is 18.0 Å². The molecule has 116 valence electrons. The Labute approximate surface area is 132 Å². The molecule has 1 heterocycles. The van der Waals surface area contributed by atoms with Crippen LogP contribution in [0.15, 0.2) is 30.9 Å². The number of amides is 1. The van der Waals surface area contributed by atoms with Gasteiger partial charge in [-0.05, 0) is 32.1 Å². The van der Waals surface area contributed by atoms with E-state index in [1.165, 1.54) is 41.6 Å². The van der Waals surface area contributed by atoms with Crippen molar-refractivity contribution in [3.05, 3.63) is 52.2 Å². The van der Waals surface area contributed by atoms with Gasteiger partial charge in [0.05, 0.1) is 25.0 Å². The highest BCUT2D eigenvalue weighted by atomic mass is 32.1. The highest BCUT2D eigenvalue weighted by Gasteiger charge is 2.21. The van der Waals surface area contributed by atoms with Crippen molar-refractivity contribution in [1.82, 2.24) is 4.98 Å². The molecule has 1 aromatic heterocycles. The number of hydrogen-bond donors (Lipinski definition) is 0. The number of carbonyl (C=O) groups is 1. The Kier molecular flexibility index (Phi) is 4.92. The van der Waals surface area contributed by atoms with Crippen LogP contribution in [0.3, 0.4) is 0 Å². The van der Waals surface area contributed by atoms with Gasteiger partial charge in [-0.3, -0.25) is 9.69 Å². The number of aryl methyl sites for hydroxylation is 2. The molecule has 1 amide bonds. The summed E-state index contributed by atoms with van der Waals surface area (Å²) in [7, 11) is 1.37. The molecule has 2 rings (SSSR count). The first-order valence-electron chi connectivity index (χ1n) is 6.67. The van der Waals surface area contributed by atoms with Gasteiger partial charge in [0.1, 0.15) is 5.01 Å². The van der Waals surface area contributed by atoms with Crippen molar-refractivity contribution in [2.45, 2.75) is 20.4 Å². The fourth-order valence-corrected chi connectivity index (χ4v) is 2.97. The van der Waals surface area contributed by atoms with Crippen LogP contribution in [0.5, 0.6) is 5.75 Å². The maximum atomic E-state index is 13.9. The van der Waals surface area contributed by atoms with Gasteiger partial charge in [-0.15, -0.1) is 11.3 Å². The van der Waals surface area contributed by atoms with Crippen molar-refractivity contribution in [3.8, 4) is 5.75 Å². The Hall–Kier alpha value is -2.21. The Morgan fingerprint density at radius 2 is 2.23 bits per heavy atom. The quantitative estimate of drug-likeness (QED) is 0.790. The number of benzene rings is 1. The summed E-state index contributed by atoms with van der Waals surface area (Å²) in [6, 6.07) is 4.46. The van der Waals surface area contributed by atoms with Crippen molar-refractivity contribution in [1.29, 1.82) is 0 Å². The number of ether oxygens (including phenoxy) is 1. The lowest BCUT2D eigenvalue weighted by molar-refractivity contribution is -0.114. The Morgan fingerprint density at radius 1 is 1.50 bits per heavy atom. The second-order valence-electron chi connectivity index (χ2n) is 4.67. The summed E-state index contributed by atoms with van der Waals surface area (Å²) >= 11 is 1.51. The summed E-state index contributed by atoms with van der Waals surface area (Å²) in [5.41, 5.74) is 1.29. The van der Waals surface area contributed by atoms with E-state index in [1.807, 2.05) is 13.8 Å². The van der Waals surface area contributed by atoms with E-state index in [2.05, 4.69) is 11.6 Å². The maximum Gasteiger partial charge on any atom is 0.250 e. The monoisotopic (exact) mass is 320 g/mol. The molecule has 22 heavy (non-hydrogen) atoms. The molecular weight excluding hydrogens is 303 g/mol. The predicted octanol–water partition coefficient (Wildman–Crippen LogP) is 3.63. The minimum atomic E-state index is -0.520. The summed E-state index contributed by atoms with van der Waals surface area (Å²) < 4.78 is 19.0. The minimum absolute atomic E-state index is 0.0303. The Bertz CT molecular complexity index is 693. The highest BCUT2D eigenvalue weighted by Crippen LogP contribution is 2.32. The first-order valence-corrected chi connectivity index (χ1v) is 7.49. The smallest absolute Gasteiger partial charge is 0.250 e. The van der Waals surface area contributed by atoms with Gasteiger partial charge >= 0.3 is 0 Å². The average Bonchev–Trinajstić information content (AvgIpc) is 2.82. The van der Waals surface area contributed by atoms with E-state index in [4.69, 9.17) is 4.74 Å². The van der Waals surface area contributed by atoms with Crippen molar-refractivity contribution in [2.75, 3.05) is 12.0 Å². The van der Waals surface area contributed by atoms with Crippen LogP contribution in [0.25, 0.3) is 0 Å². The number of aromatic nitrogens is 1. The van der Waals surface area contributed by atoms with Crippen molar-refractivity contribution in [3.63, 3.8) is 0 Å². The van der Waals surface area contributed by atoms with E-state index in [0.29, 0.717) is 5.69 Å². The molecule has 0 aliphatic carbocycles. The number of halogens is 1. The van der Waals surface area contributed by atoms with Gasteiger partial charge < -0.3 is 4.74 Å². The van der Waals surface area contributed by atoms with Gasteiger partial charge in [0.15, 0.2) is 11.6 Å². The molecule has 0 saturated carbocycles. The molecule has 0 N–H and O–H groups in total. The first-order chi connectivity index (χ1) is 10.5. The zero-order chi connectivity index (χ0) is 16.3. The van der Waals surface area contributed by atoms with Crippen LogP contribution in [0.2, 0.25) is 0 Å². The fraction of sp³-hybridized carbons (Fsp3) is 0.250. The number of thiazole rings is 1. The lowest BCUT2D eigenvalue weighted by atomic mass is 10.2. The van der Waals surface area contributed by atoms with E-state index < -0.39 is 5.82 Å². The predicted molar refractivity (Wildman–Crippen MR) is 85.9 cm³/mol. The molecule has 0 radical (unpaired) electrons. The topological polar surface area (TPSA) is 42.4 Å². The van der Waals surface area contributed by atoms with Crippen LogP contribution in [0.1, 0.15) is 15.6 Å². The van der Waals surface area contributed by atoms with Crippen molar-refractivity contribution >= 4 is 22.9 Å². The first kappa shape index (κ1) is 16.2. The number of carbonyl (C=O) groups excluding carboxylic acids is 1. The SMILES string of the molecule is C=CC(=O)N(Cc1nc(C)c(C)s1)c1cccc(F)c1OC. The van der Waals surface area contributed by atoms with Gasteiger partial charge in [0.2, 0.25) is 0 Å². The average molecular weight is 320 g/mol. The number of para-hydroxylation sites is 1. The van der Waals surface area contributed by atoms with E-state index in [9.17, 15) is 9.18 Å². The van der Waals surface area contributed by atoms with Crippen LogP contribution in [0.4, 0.5) is 10.1 Å². The summed E-state index contributed by atoms with van der Waals surface area (Å²) in [5.74, 6) is -0.828. The van der Waals surface area contributed by atoms with Gasteiger partial charge in [0, 0.05) is 4.88 Å². The van der Waals surface area contributed by atoms with Crippen LogP contribution in [-0.2, 0) is 11.3 Å². The summed E-state index contributed by atoms with van der Waals surface area (Å²) in [6.45, 7) is 7.63. The number of anilines is 1. The standard InChI is InChI=1S/C16H17FN2O2S/c1-5-15(20)19(9-14-18-10(2)11(3)22-14)13-8-6-7-12(17)16(13)21-4/h5-8H,1,9H2,2-4H3. The Balaban J connectivity index is 2.45. The molecule has 0 aliphatic rings. The number of nitrogens with zero attached hydrogens (tertiary/aromatic N) is 2. The lowest BCUT2D eigenvalue weighted by Gasteiger charge is -2.22. The molecule has 0 spiro atoms. The number of methoxy groups -OCH3 is 1. The normalized spacial score (nSPS) is 10.4. The maximum absolute atomic E-state index is 13.9. The molecule has 4 nitrogen and oxygen atoms in total. The van der Waals surface area contributed by atoms with E-state index in [0.717, 1.165) is 15.6 Å². The van der Waals surface area contributed by atoms with Crippen molar-refractivity contribution in [2.24, 2.45) is 0 Å². The molecule has 0 bridgehead atoms. The van der Waals surface area contributed by atoms with E-state index >= 15 is 0 Å². The molecule has 0 fully saturated rings. The molecule has 6 heteroatoms. The van der Waals surface area contributed by atoms with Gasteiger partial charge in [-0.25, -0.2) is 9.37 Å². The third kappa shape index (κ3) is 3.17. The second kappa shape index (κ2) is 6.70. The zero-order valence-electron chi connectivity index (χ0n) is 12.7. The summed E-state index contributed by atoms with van der Waals surface area (Å²) in [5, 5.41) is 0.775. The van der Waals surface area contributed by atoms with E-state index in [-0.39, 0.29) is 18.2 Å². The molecule has 0 atom stereocenters. The molecule has 0 saturated heterocycles. The lowest BCUT2D eigenvalue weighted by Crippen LogP contribution is -2.29. The second-order valence-corrected chi connectivity index (χ2v) is 5.96. The zero-order valence-corrected chi connectivity index (χ0v) is 13.5. The molecule has 0 unspecified atom stereocenters. The van der Waals surface area contributed by atoms with Crippen LogP contribution < -0.4 is 9.64 Å². The third-order valence-electron chi connectivity index (χ3n) is 3.25. The molecule has 1 aromatic carbocycles. The fourth-order valence-electron chi connectivity index (χ4n) is 2.05. The molecule has 2 aromatic rings. The van der Waals surface area contributed by atoms with Crippen LogP contribution in [0, 0.1) is 19.7 Å². The molecule has 0 aliphatic heterocycles. The van der Waals surface area contributed by atoms with Crippen LogP contribution >= 0.6 is 11.3 Å². The summed E-state index contributed by atoms with van der Waals surface area (Å²) in [4.78, 5) is 19.1. The van der Waals surface area contributed by atoms with Gasteiger partial charge in [-0.1, -0.05) is 12.6 Å². The minimum Gasteiger partial charge on any atom is -0.492 e. The Morgan fingerprint density at radius 3 is 2.77 bits per heavy atom. The number of rotatable bonds is 5. The summed E-state index contributed by atoms with van der Waals surface area (Å²) in [6.07, 6.45) is 1.19. The third-order valence-corrected chi connectivity index (χ3v) is 4.31. The number of hydrogen-bond acceptors (Lipinski definition) is 4.